The third-order valence-electron chi connectivity index (χ3n) is 7.69. The van der Waals surface area contributed by atoms with Gasteiger partial charge in [-0.3, -0.25) is 4.79 Å². The van der Waals surface area contributed by atoms with Gasteiger partial charge in [-0.1, -0.05) is 19.1 Å². The predicted octanol–water partition coefficient (Wildman–Crippen LogP) is 5.22. The minimum atomic E-state index is -0.000536. The zero-order valence-electron chi connectivity index (χ0n) is 21.6. The maximum atomic E-state index is 13.6. The van der Waals surface area contributed by atoms with E-state index in [4.69, 9.17) is 14.2 Å². The van der Waals surface area contributed by atoms with Gasteiger partial charge in [-0.25, -0.2) is 0 Å². The molecule has 2 atom stereocenters. The van der Waals surface area contributed by atoms with E-state index in [2.05, 4.69) is 17.6 Å². The molecule has 0 saturated carbocycles. The van der Waals surface area contributed by atoms with E-state index in [-0.39, 0.29) is 5.78 Å². The van der Waals surface area contributed by atoms with Gasteiger partial charge in [0.15, 0.2) is 5.78 Å². The van der Waals surface area contributed by atoms with Gasteiger partial charge < -0.3 is 24.8 Å². The summed E-state index contributed by atoms with van der Waals surface area (Å²) in [7, 11) is 0. The summed E-state index contributed by atoms with van der Waals surface area (Å²) in [6.45, 7) is 8.41. The fourth-order valence-electron chi connectivity index (χ4n) is 5.75. The Balaban J connectivity index is 1.34. The number of ketones is 1. The molecule has 2 aromatic carbocycles. The second-order valence-corrected chi connectivity index (χ2v) is 10.4. The van der Waals surface area contributed by atoms with Crippen LogP contribution in [-0.2, 0) is 0 Å². The zero-order chi connectivity index (χ0) is 24.7. The number of rotatable bonds is 13. The van der Waals surface area contributed by atoms with E-state index in [9.17, 15) is 4.79 Å². The SMILES string of the molecule is CCCOc1ccc(OCCCC2CCNC2)c2c1-c1c(OCCCC3CCNC3)cccc1C2=O. The van der Waals surface area contributed by atoms with Gasteiger partial charge in [-0.2, -0.15) is 0 Å². The Kier molecular flexibility index (Phi) is 8.44. The third-order valence-corrected chi connectivity index (χ3v) is 7.69. The summed E-state index contributed by atoms with van der Waals surface area (Å²) in [5.41, 5.74) is 2.98. The van der Waals surface area contributed by atoms with E-state index in [1.165, 1.54) is 12.8 Å². The maximum absolute atomic E-state index is 13.6. The first kappa shape index (κ1) is 25.1. The molecule has 194 valence electrons. The number of carbonyl (C=O) groups excluding carboxylic acids is 1. The third kappa shape index (κ3) is 5.55. The first-order chi connectivity index (χ1) is 17.8. The van der Waals surface area contributed by atoms with Gasteiger partial charge in [0.25, 0.3) is 0 Å². The largest absolute Gasteiger partial charge is 0.493 e. The second-order valence-electron chi connectivity index (χ2n) is 10.4. The molecule has 2 fully saturated rings. The van der Waals surface area contributed by atoms with Crippen LogP contribution in [0.4, 0.5) is 0 Å². The first-order valence-electron chi connectivity index (χ1n) is 13.9. The van der Waals surface area contributed by atoms with Crippen molar-refractivity contribution < 1.29 is 19.0 Å². The molecule has 2 saturated heterocycles. The van der Waals surface area contributed by atoms with Crippen molar-refractivity contribution in [2.75, 3.05) is 46.0 Å². The summed E-state index contributed by atoms with van der Waals surface area (Å²) in [6.07, 6.45) is 7.70. The highest BCUT2D eigenvalue weighted by atomic mass is 16.5. The Morgan fingerprint density at radius 2 is 1.33 bits per heavy atom. The number of benzene rings is 2. The molecule has 6 nitrogen and oxygen atoms in total. The van der Waals surface area contributed by atoms with Crippen LogP contribution in [0.3, 0.4) is 0 Å². The lowest BCUT2D eigenvalue weighted by molar-refractivity contribution is 0.103. The molecule has 2 aromatic rings. The Hall–Kier alpha value is -2.57. The van der Waals surface area contributed by atoms with Crippen LogP contribution in [-0.4, -0.2) is 51.8 Å². The average Bonchev–Trinajstić information content (AvgIpc) is 3.66. The van der Waals surface area contributed by atoms with Crippen LogP contribution in [0.2, 0.25) is 0 Å². The highest BCUT2D eigenvalue weighted by Crippen LogP contribution is 2.50. The summed E-state index contributed by atoms with van der Waals surface area (Å²) in [4.78, 5) is 13.6. The van der Waals surface area contributed by atoms with Gasteiger partial charge in [-0.05, 0) is 101 Å². The van der Waals surface area contributed by atoms with Crippen molar-refractivity contribution in [2.45, 2.75) is 51.9 Å². The van der Waals surface area contributed by atoms with Crippen LogP contribution in [0.25, 0.3) is 11.1 Å². The van der Waals surface area contributed by atoms with E-state index in [0.717, 1.165) is 92.7 Å². The average molecular weight is 493 g/mol. The lowest BCUT2D eigenvalue weighted by atomic mass is 10.0. The van der Waals surface area contributed by atoms with E-state index in [0.29, 0.717) is 36.7 Å². The number of ether oxygens (including phenoxy) is 3. The van der Waals surface area contributed by atoms with Crippen molar-refractivity contribution in [3.63, 3.8) is 0 Å². The molecule has 0 spiro atoms. The van der Waals surface area contributed by atoms with Crippen molar-refractivity contribution in [3.05, 3.63) is 41.5 Å². The standard InChI is InChI=1S/C30H40N2O4/c1-2-16-34-25-10-11-26(36-18-5-7-22-13-15-32-20-22)29-28(25)27-23(30(29)33)8-3-9-24(27)35-17-4-6-21-12-14-31-19-21/h3,8-11,21-22,31-32H,2,4-7,12-20H2,1H3. The molecular weight excluding hydrogens is 452 g/mol. The summed E-state index contributed by atoms with van der Waals surface area (Å²) in [6, 6.07) is 9.65. The van der Waals surface area contributed by atoms with Gasteiger partial charge in [0.1, 0.15) is 17.2 Å². The Labute approximate surface area is 215 Å². The first-order valence-corrected chi connectivity index (χ1v) is 13.9. The van der Waals surface area contributed by atoms with E-state index in [1.807, 2.05) is 30.3 Å². The van der Waals surface area contributed by atoms with Gasteiger partial charge in [0.2, 0.25) is 0 Å². The number of hydrogen-bond acceptors (Lipinski definition) is 6. The van der Waals surface area contributed by atoms with Crippen molar-refractivity contribution in [1.29, 1.82) is 0 Å². The normalized spacial score (nSPS) is 20.4. The van der Waals surface area contributed by atoms with Crippen molar-refractivity contribution in [2.24, 2.45) is 11.8 Å². The number of hydrogen-bond donors (Lipinski definition) is 2. The minimum Gasteiger partial charge on any atom is -0.493 e. The van der Waals surface area contributed by atoms with Gasteiger partial charge in [0, 0.05) is 16.7 Å². The van der Waals surface area contributed by atoms with Crippen molar-refractivity contribution in [1.82, 2.24) is 10.6 Å². The molecular formula is C30H40N2O4. The molecule has 5 rings (SSSR count). The van der Waals surface area contributed by atoms with E-state index < -0.39 is 0 Å². The number of carbonyl (C=O) groups is 1. The van der Waals surface area contributed by atoms with Crippen LogP contribution >= 0.6 is 0 Å². The molecule has 2 unspecified atom stereocenters. The Bertz CT molecular complexity index is 1040. The topological polar surface area (TPSA) is 68.8 Å². The van der Waals surface area contributed by atoms with Crippen LogP contribution in [0.15, 0.2) is 30.3 Å². The lowest BCUT2D eigenvalue weighted by Crippen LogP contribution is -2.10. The predicted molar refractivity (Wildman–Crippen MR) is 143 cm³/mol. The molecule has 0 aromatic heterocycles. The van der Waals surface area contributed by atoms with E-state index in [1.54, 1.807) is 0 Å². The monoisotopic (exact) mass is 492 g/mol. The highest BCUT2D eigenvalue weighted by Gasteiger charge is 2.35. The van der Waals surface area contributed by atoms with Crippen LogP contribution in [0, 0.1) is 11.8 Å². The fraction of sp³-hybridized carbons (Fsp3) is 0.567. The van der Waals surface area contributed by atoms with Crippen molar-refractivity contribution >= 4 is 5.78 Å². The molecule has 0 amide bonds. The molecule has 0 radical (unpaired) electrons. The van der Waals surface area contributed by atoms with Gasteiger partial charge >= 0.3 is 0 Å². The zero-order valence-corrected chi connectivity index (χ0v) is 21.6. The summed E-state index contributed by atoms with van der Waals surface area (Å²) in [5.74, 6) is 3.63. The van der Waals surface area contributed by atoms with Crippen molar-refractivity contribution in [3.8, 4) is 28.4 Å². The number of nitrogens with one attached hydrogen (secondary N) is 2. The molecule has 2 heterocycles. The lowest BCUT2D eigenvalue weighted by Gasteiger charge is -2.17. The molecule has 0 bridgehead atoms. The van der Waals surface area contributed by atoms with E-state index >= 15 is 0 Å². The number of fused-ring (bicyclic) bond motifs is 3. The molecule has 6 heteroatoms. The molecule has 3 aliphatic rings. The molecule has 36 heavy (non-hydrogen) atoms. The smallest absolute Gasteiger partial charge is 0.198 e. The minimum absolute atomic E-state index is 0.000536. The summed E-state index contributed by atoms with van der Waals surface area (Å²) < 4.78 is 18.6. The van der Waals surface area contributed by atoms with Gasteiger partial charge in [-0.15, -0.1) is 0 Å². The Morgan fingerprint density at radius 1 is 0.750 bits per heavy atom. The van der Waals surface area contributed by atoms with Gasteiger partial charge in [0.05, 0.1) is 25.4 Å². The summed E-state index contributed by atoms with van der Waals surface area (Å²) >= 11 is 0. The van der Waals surface area contributed by atoms with Crippen LogP contribution in [0.1, 0.15) is 67.8 Å². The summed E-state index contributed by atoms with van der Waals surface area (Å²) in [5, 5.41) is 6.86. The second kappa shape index (κ2) is 12.1. The maximum Gasteiger partial charge on any atom is 0.198 e. The van der Waals surface area contributed by atoms with Crippen LogP contribution < -0.4 is 24.8 Å². The fourth-order valence-corrected chi connectivity index (χ4v) is 5.75. The molecule has 1 aliphatic carbocycles. The Morgan fingerprint density at radius 3 is 1.92 bits per heavy atom. The van der Waals surface area contributed by atoms with Crippen LogP contribution in [0.5, 0.6) is 17.2 Å². The quantitative estimate of drug-likeness (QED) is 0.319. The molecule has 2 aliphatic heterocycles. The molecule has 2 N–H and O–H groups in total. The highest BCUT2D eigenvalue weighted by molar-refractivity contribution is 6.25.